The van der Waals surface area contributed by atoms with E-state index in [-0.39, 0.29) is 5.48 Å². The molecule has 0 fully saturated rings. The predicted molar refractivity (Wildman–Crippen MR) is 22.5 cm³/mol. The fraction of sp³-hybridized carbons (Fsp3) is 1.00. The second-order valence-electron chi connectivity index (χ2n) is 0.707. The van der Waals surface area contributed by atoms with Crippen molar-refractivity contribution in [2.24, 2.45) is 0 Å². The summed E-state index contributed by atoms with van der Waals surface area (Å²) in [5, 5.41) is 0. The van der Waals surface area contributed by atoms with Gasteiger partial charge in [0.05, 0.1) is 0 Å². The van der Waals surface area contributed by atoms with Gasteiger partial charge in [0.2, 0.25) is 15.2 Å². The third kappa shape index (κ3) is 22.9. The van der Waals surface area contributed by atoms with Crippen molar-refractivity contribution in [3.63, 3.8) is 0 Å². The van der Waals surface area contributed by atoms with E-state index in [0.717, 1.165) is 0 Å². The molecule has 0 aliphatic heterocycles. The molecule has 0 aromatic rings. The van der Waals surface area contributed by atoms with Gasteiger partial charge >= 0.3 is 0 Å². The van der Waals surface area contributed by atoms with E-state index in [9.17, 15) is 0 Å². The second-order valence-corrected chi connectivity index (χ2v) is 2.12. The highest BCUT2D eigenvalue weighted by Crippen LogP contribution is 1.36. The quantitative estimate of drug-likeness (QED) is 0.354. The topological polar surface area (TPSA) is 31.5 Å². The Morgan fingerprint density at radius 1 is 1.25 bits per heavy atom. The van der Waals surface area contributed by atoms with Crippen LogP contribution in [0.25, 0.3) is 0 Å². The maximum absolute atomic E-state index is 2.26. The Balaban J connectivity index is 0. The van der Waals surface area contributed by atoms with Crippen LogP contribution < -0.4 is 0 Å². The summed E-state index contributed by atoms with van der Waals surface area (Å²) in [5.41, 5.74) is 0. The van der Waals surface area contributed by atoms with Gasteiger partial charge in [0, 0.05) is 0 Å². The van der Waals surface area contributed by atoms with Crippen molar-refractivity contribution in [3.05, 3.63) is 0 Å². The predicted octanol–water partition coefficient (Wildman–Crippen LogP) is -0.306. The summed E-state index contributed by atoms with van der Waals surface area (Å²) in [4.78, 5) is 0. The first kappa shape index (κ1) is 8.82. The van der Waals surface area contributed by atoms with Gasteiger partial charge in [-0.2, -0.15) is 0 Å². The first-order chi connectivity index (χ1) is 1.41. The van der Waals surface area contributed by atoms with E-state index >= 15 is 0 Å². The van der Waals surface area contributed by atoms with Gasteiger partial charge in [-0.15, -0.1) is 11.6 Å². The summed E-state index contributed by atoms with van der Waals surface area (Å²) in [6.45, 7) is 0. The summed E-state index contributed by atoms with van der Waals surface area (Å²) < 4.78 is 0. The number of hydrogen-bond donors (Lipinski definition) is 0. The molecule has 0 aliphatic rings. The summed E-state index contributed by atoms with van der Waals surface area (Å²) >= 11 is 0.417. The molecule has 0 atom stereocenters. The van der Waals surface area contributed by atoms with Gasteiger partial charge in [-0.3, -0.25) is 0 Å². The van der Waals surface area contributed by atoms with Gasteiger partial charge in [0.25, 0.3) is 0 Å². The Bertz CT molecular complexity index is 6.00. The van der Waals surface area contributed by atoms with Crippen LogP contribution in [0.1, 0.15) is 0 Å². The van der Waals surface area contributed by atoms with Crippen LogP contribution in [0.2, 0.25) is 11.6 Å². The molecule has 0 aromatic heterocycles. The van der Waals surface area contributed by atoms with Gasteiger partial charge in [-0.25, -0.2) is 0 Å². The molecule has 0 saturated carbocycles. The Morgan fingerprint density at radius 3 is 1.25 bits per heavy atom. The first-order valence-electron chi connectivity index (χ1n) is 1.41. The van der Waals surface area contributed by atoms with Crippen LogP contribution in [-0.4, -0.2) is 20.7 Å². The number of rotatable bonds is 0. The molecule has 0 aromatic carbocycles. The lowest BCUT2D eigenvalue weighted by Gasteiger charge is -1.36. The molecule has 2 N–H and O–H groups in total. The minimum atomic E-state index is 0. The highest BCUT2D eigenvalue weighted by molar-refractivity contribution is 6.31. The summed E-state index contributed by atoms with van der Waals surface area (Å²) in [5.74, 6) is 4.53. The van der Waals surface area contributed by atoms with Crippen molar-refractivity contribution in [1.29, 1.82) is 0 Å². The van der Waals surface area contributed by atoms with Crippen molar-refractivity contribution >= 4 is 15.2 Å². The molecule has 0 unspecified atom stereocenters. The monoisotopic (exact) mass is 76.0 g/mol. The van der Waals surface area contributed by atoms with Gasteiger partial charge in [0.15, 0.2) is 0 Å². The minimum absolute atomic E-state index is 0. The molecular weight excluding hydrogens is 67.0 g/mol. The molecule has 0 rings (SSSR count). The molecule has 0 amide bonds. The lowest BCUT2D eigenvalue weighted by atomic mass is 11.9. The Kier molecular flexibility index (Phi) is 21.5. The largest absolute Gasteiger partial charge is 0.412 e. The zero-order valence-corrected chi connectivity index (χ0v) is 4.62. The molecule has 2 heteroatoms. The van der Waals surface area contributed by atoms with Crippen molar-refractivity contribution in [3.8, 4) is 0 Å². The lowest BCUT2D eigenvalue weighted by molar-refractivity contribution is 0.824. The van der Waals surface area contributed by atoms with E-state index in [4.69, 9.17) is 0 Å². The van der Waals surface area contributed by atoms with Crippen molar-refractivity contribution in [1.82, 2.24) is 0 Å². The Morgan fingerprint density at radius 2 is 1.25 bits per heavy atom. The molecule has 1 nitrogen and oxygen atoms in total. The molecular formula is C2H9AlO. The third-order valence-electron chi connectivity index (χ3n) is 0. The van der Waals surface area contributed by atoms with Crippen LogP contribution in [0.4, 0.5) is 0 Å². The molecule has 4 heavy (non-hydrogen) atoms. The number of hydrogen-bond acceptors (Lipinski definition) is 0. The van der Waals surface area contributed by atoms with Gasteiger partial charge in [0.1, 0.15) is 0 Å². The van der Waals surface area contributed by atoms with Gasteiger partial charge < -0.3 is 5.48 Å². The fourth-order valence-electron chi connectivity index (χ4n) is 0. The van der Waals surface area contributed by atoms with E-state index in [0.29, 0.717) is 15.2 Å². The van der Waals surface area contributed by atoms with E-state index in [1.807, 2.05) is 0 Å². The molecule has 0 radical (unpaired) electrons. The molecule has 0 spiro atoms. The van der Waals surface area contributed by atoms with Crippen LogP contribution in [0, 0.1) is 0 Å². The summed E-state index contributed by atoms with van der Waals surface area (Å²) in [6, 6.07) is 0. The highest BCUT2D eigenvalue weighted by Gasteiger charge is 1.48. The zero-order valence-electron chi connectivity index (χ0n) is 3.21. The van der Waals surface area contributed by atoms with E-state index in [2.05, 4.69) is 11.6 Å². The van der Waals surface area contributed by atoms with Crippen LogP contribution in [0.5, 0.6) is 0 Å². The van der Waals surface area contributed by atoms with Crippen molar-refractivity contribution in [2.45, 2.75) is 11.6 Å². The lowest BCUT2D eigenvalue weighted by Crippen LogP contribution is -1.53. The molecule has 26 valence electrons. The van der Waals surface area contributed by atoms with Gasteiger partial charge in [-0.05, 0) is 0 Å². The Labute approximate surface area is 33.0 Å². The Hall–Kier alpha value is 0.492. The van der Waals surface area contributed by atoms with E-state index in [1.54, 1.807) is 0 Å². The SMILES string of the molecule is O.[CH3][AlH][CH3]. The standard InChI is InChI=1S/2CH3.Al.H2O.H/h2*1H3;;1H2;. The van der Waals surface area contributed by atoms with Crippen LogP contribution >= 0.6 is 0 Å². The molecule has 0 aliphatic carbocycles. The van der Waals surface area contributed by atoms with E-state index < -0.39 is 0 Å². The molecule has 0 bridgehead atoms. The van der Waals surface area contributed by atoms with Crippen molar-refractivity contribution < 1.29 is 5.48 Å². The maximum atomic E-state index is 2.26. The zero-order chi connectivity index (χ0) is 2.71. The second kappa shape index (κ2) is 9.74. The van der Waals surface area contributed by atoms with E-state index in [1.165, 1.54) is 0 Å². The van der Waals surface area contributed by atoms with Crippen LogP contribution in [0.15, 0.2) is 0 Å². The van der Waals surface area contributed by atoms with Crippen LogP contribution in [-0.2, 0) is 0 Å². The fourth-order valence-corrected chi connectivity index (χ4v) is 0. The van der Waals surface area contributed by atoms with Crippen LogP contribution in [0.3, 0.4) is 0 Å². The van der Waals surface area contributed by atoms with Gasteiger partial charge in [-0.1, -0.05) is 0 Å². The highest BCUT2D eigenvalue weighted by atomic mass is 27.1. The average molecular weight is 76.1 g/mol. The average Bonchev–Trinajstić information content (AvgIpc) is 0.918. The third-order valence-corrected chi connectivity index (χ3v) is 0. The normalized spacial score (nSPS) is 3.50. The maximum Gasteiger partial charge on any atom is 0.229 e. The van der Waals surface area contributed by atoms with Crippen molar-refractivity contribution in [2.75, 3.05) is 0 Å². The first-order valence-corrected chi connectivity index (χ1v) is 4.24. The summed E-state index contributed by atoms with van der Waals surface area (Å²) in [6.07, 6.45) is 0. The summed E-state index contributed by atoms with van der Waals surface area (Å²) in [7, 11) is 0. The smallest absolute Gasteiger partial charge is 0.229 e. The molecule has 0 saturated heterocycles. The minimum Gasteiger partial charge on any atom is -0.412 e. The molecule has 0 heterocycles.